The van der Waals surface area contributed by atoms with Gasteiger partial charge in [-0.3, -0.25) is 0 Å². The standard InChI is InChI=1S/C33H24NS/c1-35(22-24-15-13-23(21-34)14-16-24)30-11-6-10-28(19-30)33-31-12-5-4-9-27(31)18-29-17-25-7-2-3-8-26(25)20-32(29)33/h2-20H,22H2,1H3/q+1. The third-order valence-electron chi connectivity index (χ3n) is 6.72. The normalized spacial score (nSPS) is 12.1. The van der Waals surface area contributed by atoms with Crippen LogP contribution in [0.2, 0.25) is 0 Å². The van der Waals surface area contributed by atoms with Crippen molar-refractivity contribution in [2.24, 2.45) is 0 Å². The fraction of sp³-hybridized carbons (Fsp3) is 0.0606. The van der Waals surface area contributed by atoms with Crippen molar-refractivity contribution < 1.29 is 0 Å². The van der Waals surface area contributed by atoms with Crippen LogP contribution in [0, 0.1) is 11.3 Å². The Morgan fingerprint density at radius 3 is 2.09 bits per heavy atom. The first-order valence-corrected chi connectivity index (χ1v) is 13.6. The Kier molecular flexibility index (Phi) is 5.49. The summed E-state index contributed by atoms with van der Waals surface area (Å²) in [5.41, 5.74) is 4.55. The second-order valence-corrected chi connectivity index (χ2v) is 11.0. The molecular weight excluding hydrogens is 442 g/mol. The summed E-state index contributed by atoms with van der Waals surface area (Å²) >= 11 is 0. The topological polar surface area (TPSA) is 23.8 Å². The maximum absolute atomic E-state index is 9.09. The minimum atomic E-state index is 0.0504. The van der Waals surface area contributed by atoms with Gasteiger partial charge in [-0.1, -0.05) is 72.8 Å². The number of hydrogen-bond donors (Lipinski definition) is 0. The highest BCUT2D eigenvalue weighted by molar-refractivity contribution is 7.95. The van der Waals surface area contributed by atoms with Gasteiger partial charge in [-0.2, -0.15) is 5.26 Å². The highest BCUT2D eigenvalue weighted by Gasteiger charge is 2.19. The predicted octanol–water partition coefficient (Wildman–Crippen LogP) is 8.49. The van der Waals surface area contributed by atoms with Crippen molar-refractivity contribution in [1.82, 2.24) is 0 Å². The van der Waals surface area contributed by atoms with Crippen LogP contribution in [0.25, 0.3) is 43.4 Å². The fourth-order valence-corrected chi connectivity index (χ4v) is 6.44. The first-order chi connectivity index (χ1) is 17.2. The second-order valence-electron chi connectivity index (χ2n) is 9.01. The van der Waals surface area contributed by atoms with E-state index < -0.39 is 0 Å². The smallest absolute Gasteiger partial charge is 0.155 e. The van der Waals surface area contributed by atoms with Crippen molar-refractivity contribution in [1.29, 1.82) is 5.26 Å². The maximum Gasteiger partial charge on any atom is 0.155 e. The number of hydrogen-bond acceptors (Lipinski definition) is 1. The Balaban J connectivity index is 1.49. The molecule has 0 saturated carbocycles. The molecule has 0 aliphatic carbocycles. The third kappa shape index (κ3) is 4.05. The zero-order chi connectivity index (χ0) is 23.8. The molecule has 35 heavy (non-hydrogen) atoms. The van der Waals surface area contributed by atoms with Gasteiger partial charge in [0.1, 0.15) is 12.0 Å². The molecule has 0 radical (unpaired) electrons. The van der Waals surface area contributed by atoms with Gasteiger partial charge in [0, 0.05) is 22.5 Å². The molecule has 2 heteroatoms. The lowest BCUT2D eigenvalue weighted by atomic mass is 9.90. The second kappa shape index (κ2) is 8.95. The van der Waals surface area contributed by atoms with Crippen molar-refractivity contribution in [2.45, 2.75) is 10.6 Å². The van der Waals surface area contributed by atoms with Crippen molar-refractivity contribution in [2.75, 3.05) is 6.26 Å². The van der Waals surface area contributed by atoms with Gasteiger partial charge in [0.15, 0.2) is 4.90 Å². The van der Waals surface area contributed by atoms with Gasteiger partial charge >= 0.3 is 0 Å². The summed E-state index contributed by atoms with van der Waals surface area (Å²) in [5, 5.41) is 16.7. The lowest BCUT2D eigenvalue weighted by molar-refractivity contribution is 1.35. The molecule has 0 saturated heterocycles. The highest BCUT2D eigenvalue weighted by atomic mass is 32.2. The van der Waals surface area contributed by atoms with Crippen molar-refractivity contribution in [3.63, 3.8) is 0 Å². The first kappa shape index (κ1) is 21.5. The van der Waals surface area contributed by atoms with E-state index in [1.54, 1.807) is 0 Å². The Bertz CT molecular complexity index is 1740. The van der Waals surface area contributed by atoms with E-state index >= 15 is 0 Å². The summed E-state index contributed by atoms with van der Waals surface area (Å²) in [6, 6.07) is 43.6. The van der Waals surface area contributed by atoms with E-state index in [0.29, 0.717) is 5.56 Å². The number of benzene rings is 6. The predicted molar refractivity (Wildman–Crippen MR) is 151 cm³/mol. The summed E-state index contributed by atoms with van der Waals surface area (Å²) in [6.45, 7) is 0. The zero-order valence-corrected chi connectivity index (χ0v) is 20.3. The molecule has 1 unspecified atom stereocenters. The number of nitrogens with zero attached hydrogens (tertiary/aromatic N) is 1. The molecule has 0 fully saturated rings. The van der Waals surface area contributed by atoms with Gasteiger partial charge in [-0.25, -0.2) is 0 Å². The summed E-state index contributed by atoms with van der Waals surface area (Å²) < 4.78 is 0. The minimum absolute atomic E-state index is 0.0504. The Morgan fingerprint density at radius 2 is 1.31 bits per heavy atom. The van der Waals surface area contributed by atoms with E-state index in [4.69, 9.17) is 5.26 Å². The molecule has 1 nitrogen and oxygen atoms in total. The Morgan fingerprint density at radius 1 is 0.629 bits per heavy atom. The van der Waals surface area contributed by atoms with Gasteiger partial charge < -0.3 is 0 Å². The van der Waals surface area contributed by atoms with Gasteiger partial charge in [-0.05, 0) is 79.8 Å². The molecule has 6 aromatic rings. The van der Waals surface area contributed by atoms with Crippen molar-refractivity contribution in [3.8, 4) is 17.2 Å². The minimum Gasteiger partial charge on any atom is -0.192 e. The van der Waals surface area contributed by atoms with Crippen molar-refractivity contribution in [3.05, 3.63) is 126 Å². The lowest BCUT2D eigenvalue weighted by Gasteiger charge is -2.14. The van der Waals surface area contributed by atoms with E-state index in [1.165, 1.54) is 53.9 Å². The van der Waals surface area contributed by atoms with Crippen LogP contribution in [0.5, 0.6) is 0 Å². The van der Waals surface area contributed by atoms with E-state index in [0.717, 1.165) is 5.75 Å². The molecule has 166 valence electrons. The summed E-state index contributed by atoms with van der Waals surface area (Å²) in [4.78, 5) is 1.36. The molecular formula is C33H24NS+. The van der Waals surface area contributed by atoms with E-state index in [9.17, 15) is 0 Å². The average Bonchev–Trinajstić information content (AvgIpc) is 2.91. The summed E-state index contributed by atoms with van der Waals surface area (Å²) in [5.74, 6) is 0.968. The number of rotatable bonds is 4. The maximum atomic E-state index is 9.09. The van der Waals surface area contributed by atoms with Crippen LogP contribution in [0.1, 0.15) is 11.1 Å². The largest absolute Gasteiger partial charge is 0.192 e. The quantitative estimate of drug-likeness (QED) is 0.189. The molecule has 6 aromatic carbocycles. The lowest BCUT2D eigenvalue weighted by Crippen LogP contribution is -2.04. The molecule has 1 atom stereocenters. The molecule has 0 N–H and O–H groups in total. The van der Waals surface area contributed by atoms with Crippen LogP contribution in [-0.2, 0) is 16.6 Å². The number of fused-ring (bicyclic) bond motifs is 3. The highest BCUT2D eigenvalue weighted by Crippen LogP contribution is 2.39. The Hall–Kier alpha value is -4.06. The van der Waals surface area contributed by atoms with E-state index in [-0.39, 0.29) is 10.9 Å². The van der Waals surface area contributed by atoms with Crippen molar-refractivity contribution >= 4 is 43.2 Å². The fourth-order valence-electron chi connectivity index (χ4n) is 4.95. The van der Waals surface area contributed by atoms with Gasteiger partial charge in [0.05, 0.1) is 11.6 Å². The SMILES string of the molecule is C[S+](Cc1ccc(C#N)cc1)c1cccc(-c2c3ccccc3cc3cc4ccccc4cc23)c1. The van der Waals surface area contributed by atoms with Crippen LogP contribution < -0.4 is 0 Å². The van der Waals surface area contributed by atoms with Gasteiger partial charge in [-0.15, -0.1) is 0 Å². The molecule has 0 aliphatic rings. The van der Waals surface area contributed by atoms with Crippen LogP contribution >= 0.6 is 0 Å². The zero-order valence-electron chi connectivity index (χ0n) is 19.5. The van der Waals surface area contributed by atoms with Crippen LogP contribution in [0.4, 0.5) is 0 Å². The molecule has 0 spiro atoms. The summed E-state index contributed by atoms with van der Waals surface area (Å²) in [7, 11) is 0.0504. The molecule has 6 rings (SSSR count). The third-order valence-corrected chi connectivity index (χ3v) is 8.54. The summed E-state index contributed by atoms with van der Waals surface area (Å²) in [6.07, 6.45) is 2.31. The molecule has 0 bridgehead atoms. The Labute approximate surface area is 208 Å². The molecule has 0 aliphatic heterocycles. The van der Waals surface area contributed by atoms with E-state index in [1.807, 2.05) is 12.1 Å². The van der Waals surface area contributed by atoms with E-state index in [2.05, 4.69) is 115 Å². The van der Waals surface area contributed by atoms with Gasteiger partial charge in [0.25, 0.3) is 0 Å². The molecule has 0 amide bonds. The van der Waals surface area contributed by atoms with Crippen LogP contribution in [0.15, 0.2) is 120 Å². The number of nitriles is 1. The monoisotopic (exact) mass is 466 g/mol. The molecule has 0 aromatic heterocycles. The first-order valence-electron chi connectivity index (χ1n) is 11.8. The average molecular weight is 467 g/mol. The molecule has 0 heterocycles. The van der Waals surface area contributed by atoms with Crippen LogP contribution in [0.3, 0.4) is 0 Å². The van der Waals surface area contributed by atoms with Crippen LogP contribution in [-0.4, -0.2) is 6.26 Å². The van der Waals surface area contributed by atoms with Gasteiger partial charge in [0.2, 0.25) is 0 Å².